The quantitative estimate of drug-likeness (QED) is 0.873. The van der Waals surface area contributed by atoms with Crippen molar-refractivity contribution in [2.75, 3.05) is 24.7 Å². The summed E-state index contributed by atoms with van der Waals surface area (Å²) in [5, 5.41) is 5.81. The molecule has 2 aliphatic heterocycles. The van der Waals surface area contributed by atoms with E-state index in [1.807, 2.05) is 12.1 Å². The largest absolute Gasteiger partial charge is 0.381 e. The first kappa shape index (κ1) is 15.7. The molecule has 0 saturated carbocycles. The van der Waals surface area contributed by atoms with Crippen LogP contribution in [0.4, 0.5) is 10.6 Å². The van der Waals surface area contributed by atoms with E-state index in [1.165, 1.54) is 0 Å². The zero-order valence-corrected chi connectivity index (χ0v) is 13.1. The molecule has 2 aliphatic rings. The minimum Gasteiger partial charge on any atom is -0.381 e. The lowest BCUT2D eigenvalue weighted by Gasteiger charge is -2.23. The van der Waals surface area contributed by atoms with Crippen LogP contribution in [0.1, 0.15) is 31.2 Å². The van der Waals surface area contributed by atoms with E-state index >= 15 is 0 Å². The molecule has 1 aromatic rings. The summed E-state index contributed by atoms with van der Waals surface area (Å²) in [4.78, 5) is 29.7. The summed E-state index contributed by atoms with van der Waals surface area (Å²) < 4.78 is 5.27. The van der Waals surface area contributed by atoms with Crippen molar-refractivity contribution in [1.82, 2.24) is 15.6 Å². The molecule has 0 aliphatic carbocycles. The van der Waals surface area contributed by atoms with Crippen LogP contribution in [0.5, 0.6) is 0 Å². The molecule has 0 radical (unpaired) electrons. The van der Waals surface area contributed by atoms with E-state index in [-0.39, 0.29) is 18.0 Å². The molecule has 124 valence electrons. The van der Waals surface area contributed by atoms with Crippen LogP contribution in [0.25, 0.3) is 0 Å². The minimum absolute atomic E-state index is 0.111. The topological polar surface area (TPSA) is 83.6 Å². The number of rotatable bonds is 4. The van der Waals surface area contributed by atoms with Crippen molar-refractivity contribution in [2.45, 2.75) is 38.3 Å². The third-order valence-electron chi connectivity index (χ3n) is 4.17. The van der Waals surface area contributed by atoms with Crippen LogP contribution < -0.4 is 15.5 Å². The monoisotopic (exact) mass is 318 g/mol. The fraction of sp³-hybridized carbons (Fsp3) is 0.562. The maximum Gasteiger partial charge on any atom is 0.315 e. The highest BCUT2D eigenvalue weighted by Gasteiger charge is 2.22. The van der Waals surface area contributed by atoms with Crippen molar-refractivity contribution in [3.8, 4) is 0 Å². The van der Waals surface area contributed by atoms with Gasteiger partial charge in [0.25, 0.3) is 0 Å². The molecular formula is C16H22N4O3. The number of pyridine rings is 1. The first-order chi connectivity index (χ1) is 11.2. The van der Waals surface area contributed by atoms with Gasteiger partial charge in [-0.25, -0.2) is 9.78 Å². The van der Waals surface area contributed by atoms with E-state index < -0.39 is 0 Å². The van der Waals surface area contributed by atoms with E-state index in [1.54, 1.807) is 11.1 Å². The third-order valence-corrected chi connectivity index (χ3v) is 4.17. The van der Waals surface area contributed by atoms with Crippen molar-refractivity contribution in [3.63, 3.8) is 0 Å². The van der Waals surface area contributed by atoms with E-state index in [2.05, 4.69) is 15.6 Å². The molecule has 0 aromatic carbocycles. The number of aromatic nitrogens is 1. The number of ether oxygens (including phenoxy) is 1. The molecule has 0 bridgehead atoms. The minimum atomic E-state index is -0.174. The molecule has 3 heterocycles. The molecular weight excluding hydrogens is 296 g/mol. The average molecular weight is 318 g/mol. The Labute approximate surface area is 135 Å². The smallest absolute Gasteiger partial charge is 0.315 e. The summed E-state index contributed by atoms with van der Waals surface area (Å²) in [6, 6.07) is 3.71. The van der Waals surface area contributed by atoms with Crippen LogP contribution in [-0.2, 0) is 16.1 Å². The lowest BCUT2D eigenvalue weighted by atomic mass is 10.1. The Kier molecular flexibility index (Phi) is 5.07. The third kappa shape index (κ3) is 4.19. The highest BCUT2D eigenvalue weighted by Crippen LogP contribution is 2.19. The standard InChI is InChI=1S/C16H22N4O3/c21-15-2-1-7-20(15)14-10-12(3-6-17-14)11-18-16(22)19-13-4-8-23-9-5-13/h3,6,10,13H,1-2,4-5,7-9,11H2,(H2,18,19,22). The molecule has 1 aromatic heterocycles. The molecule has 0 unspecified atom stereocenters. The Morgan fingerprint density at radius 3 is 2.96 bits per heavy atom. The van der Waals surface area contributed by atoms with Crippen molar-refractivity contribution >= 4 is 17.8 Å². The van der Waals surface area contributed by atoms with Gasteiger partial charge in [0, 0.05) is 45.0 Å². The van der Waals surface area contributed by atoms with Gasteiger partial charge in [-0.15, -0.1) is 0 Å². The Balaban J connectivity index is 1.51. The van der Waals surface area contributed by atoms with Gasteiger partial charge in [0.15, 0.2) is 0 Å². The molecule has 2 fully saturated rings. The molecule has 3 amide bonds. The lowest BCUT2D eigenvalue weighted by Crippen LogP contribution is -2.44. The molecule has 3 rings (SSSR count). The van der Waals surface area contributed by atoms with Crippen molar-refractivity contribution < 1.29 is 14.3 Å². The number of urea groups is 1. The number of carbonyl (C=O) groups is 2. The van der Waals surface area contributed by atoms with Gasteiger partial charge in [0.1, 0.15) is 5.82 Å². The number of amides is 3. The summed E-state index contributed by atoms with van der Waals surface area (Å²) in [6.07, 6.45) is 4.83. The van der Waals surface area contributed by atoms with Gasteiger partial charge < -0.3 is 15.4 Å². The molecule has 7 nitrogen and oxygen atoms in total. The van der Waals surface area contributed by atoms with Crippen LogP contribution >= 0.6 is 0 Å². The van der Waals surface area contributed by atoms with Gasteiger partial charge >= 0.3 is 6.03 Å². The highest BCUT2D eigenvalue weighted by atomic mass is 16.5. The molecule has 2 saturated heterocycles. The zero-order valence-electron chi connectivity index (χ0n) is 13.1. The molecule has 0 spiro atoms. The van der Waals surface area contributed by atoms with Crippen LogP contribution in [0.15, 0.2) is 18.3 Å². The van der Waals surface area contributed by atoms with Crippen LogP contribution in [-0.4, -0.2) is 42.7 Å². The van der Waals surface area contributed by atoms with Gasteiger partial charge in [-0.1, -0.05) is 0 Å². The lowest BCUT2D eigenvalue weighted by molar-refractivity contribution is -0.117. The number of anilines is 1. The summed E-state index contributed by atoms with van der Waals surface area (Å²) in [5.74, 6) is 0.775. The van der Waals surface area contributed by atoms with Gasteiger partial charge in [-0.2, -0.15) is 0 Å². The van der Waals surface area contributed by atoms with Gasteiger partial charge in [-0.05, 0) is 37.0 Å². The fourth-order valence-electron chi connectivity index (χ4n) is 2.87. The first-order valence-electron chi connectivity index (χ1n) is 8.10. The summed E-state index contributed by atoms with van der Waals surface area (Å²) in [6.45, 7) is 2.52. The van der Waals surface area contributed by atoms with Crippen LogP contribution in [0.2, 0.25) is 0 Å². The van der Waals surface area contributed by atoms with E-state index in [9.17, 15) is 9.59 Å². The predicted octanol–water partition coefficient (Wildman–Crippen LogP) is 1.19. The molecule has 0 atom stereocenters. The van der Waals surface area contributed by atoms with Crippen LogP contribution in [0, 0.1) is 0 Å². The van der Waals surface area contributed by atoms with E-state index in [0.717, 1.165) is 24.8 Å². The second kappa shape index (κ2) is 7.41. The Hall–Kier alpha value is -2.15. The van der Waals surface area contributed by atoms with E-state index in [0.29, 0.717) is 38.5 Å². The van der Waals surface area contributed by atoms with Gasteiger partial charge in [-0.3, -0.25) is 9.69 Å². The van der Waals surface area contributed by atoms with E-state index in [4.69, 9.17) is 4.74 Å². The normalized spacial score (nSPS) is 19.0. The fourth-order valence-corrected chi connectivity index (χ4v) is 2.87. The molecule has 2 N–H and O–H groups in total. The van der Waals surface area contributed by atoms with Crippen molar-refractivity contribution in [3.05, 3.63) is 23.9 Å². The van der Waals surface area contributed by atoms with Gasteiger partial charge in [0.2, 0.25) is 5.91 Å². The Morgan fingerprint density at radius 2 is 2.22 bits per heavy atom. The van der Waals surface area contributed by atoms with Crippen molar-refractivity contribution in [2.24, 2.45) is 0 Å². The average Bonchev–Trinajstić information content (AvgIpc) is 3.00. The Morgan fingerprint density at radius 1 is 1.39 bits per heavy atom. The number of hydrogen-bond donors (Lipinski definition) is 2. The van der Waals surface area contributed by atoms with Crippen molar-refractivity contribution in [1.29, 1.82) is 0 Å². The number of nitrogens with one attached hydrogen (secondary N) is 2. The second-order valence-electron chi connectivity index (χ2n) is 5.88. The summed E-state index contributed by atoms with van der Waals surface area (Å²) >= 11 is 0. The first-order valence-corrected chi connectivity index (χ1v) is 8.10. The number of carbonyl (C=O) groups excluding carboxylic acids is 2. The highest BCUT2D eigenvalue weighted by molar-refractivity contribution is 5.94. The predicted molar refractivity (Wildman–Crippen MR) is 85.0 cm³/mol. The SMILES string of the molecule is O=C(NCc1ccnc(N2CCCC2=O)c1)NC1CCOCC1. The van der Waals surface area contributed by atoms with Crippen LogP contribution in [0.3, 0.4) is 0 Å². The maximum absolute atomic E-state index is 11.9. The second-order valence-corrected chi connectivity index (χ2v) is 5.88. The zero-order chi connectivity index (χ0) is 16.1. The molecule has 23 heavy (non-hydrogen) atoms. The molecule has 7 heteroatoms. The number of hydrogen-bond acceptors (Lipinski definition) is 4. The van der Waals surface area contributed by atoms with Gasteiger partial charge in [0.05, 0.1) is 0 Å². The Bertz CT molecular complexity index is 572. The maximum atomic E-state index is 11.9. The summed E-state index contributed by atoms with van der Waals surface area (Å²) in [5.41, 5.74) is 0.928. The summed E-state index contributed by atoms with van der Waals surface area (Å²) in [7, 11) is 0. The number of nitrogens with zero attached hydrogens (tertiary/aromatic N) is 2.